The van der Waals surface area contributed by atoms with Crippen molar-refractivity contribution in [3.05, 3.63) is 79.1 Å². The molecule has 0 unspecified atom stereocenters. The van der Waals surface area contributed by atoms with E-state index >= 15 is 0 Å². The lowest BCUT2D eigenvalue weighted by atomic mass is 9.97. The van der Waals surface area contributed by atoms with Gasteiger partial charge in [-0.3, -0.25) is 14.2 Å². The van der Waals surface area contributed by atoms with Gasteiger partial charge in [-0.25, -0.2) is 4.98 Å². The number of hydrogen-bond acceptors (Lipinski definition) is 5. The Morgan fingerprint density at radius 2 is 1.93 bits per heavy atom. The molecule has 0 amide bonds. The lowest BCUT2D eigenvalue weighted by Gasteiger charge is -2.11. The molecule has 0 radical (unpaired) electrons. The zero-order valence-electron chi connectivity index (χ0n) is 15.0. The third-order valence-electron chi connectivity index (χ3n) is 5.04. The van der Waals surface area contributed by atoms with Gasteiger partial charge < -0.3 is 4.52 Å². The van der Waals surface area contributed by atoms with Crippen LogP contribution in [-0.2, 0) is 12.8 Å². The van der Waals surface area contributed by atoms with Crippen molar-refractivity contribution in [1.29, 1.82) is 0 Å². The molecule has 6 nitrogen and oxygen atoms in total. The first-order chi connectivity index (χ1) is 13.7. The Morgan fingerprint density at radius 3 is 2.71 bits per heavy atom. The second-order valence-electron chi connectivity index (χ2n) is 6.80. The lowest BCUT2D eigenvalue weighted by Crippen LogP contribution is -2.26. The highest BCUT2D eigenvalue weighted by Gasteiger charge is 2.23. The predicted octanol–water partition coefficient (Wildman–Crippen LogP) is 3.78. The van der Waals surface area contributed by atoms with E-state index in [9.17, 15) is 9.59 Å². The zero-order chi connectivity index (χ0) is 19.1. The molecular formula is C21H17N3O3S. The summed E-state index contributed by atoms with van der Waals surface area (Å²) in [4.78, 5) is 32.4. The molecule has 3 heterocycles. The van der Waals surface area contributed by atoms with Gasteiger partial charge in [0.15, 0.2) is 5.69 Å². The molecule has 1 N–H and O–H groups in total. The predicted molar refractivity (Wildman–Crippen MR) is 110 cm³/mol. The van der Waals surface area contributed by atoms with Crippen LogP contribution in [0, 0.1) is 0 Å². The van der Waals surface area contributed by atoms with Crippen LogP contribution in [0.4, 0.5) is 0 Å². The average molecular weight is 391 g/mol. The van der Waals surface area contributed by atoms with Crippen molar-refractivity contribution >= 4 is 33.7 Å². The number of fused-ring (bicyclic) bond motifs is 3. The number of nitrogens with one attached hydrogen (secondary N) is 1. The van der Waals surface area contributed by atoms with E-state index < -0.39 is 5.56 Å². The van der Waals surface area contributed by atoms with Gasteiger partial charge in [-0.1, -0.05) is 36.4 Å². The first kappa shape index (κ1) is 16.9. The van der Waals surface area contributed by atoms with Crippen molar-refractivity contribution in [2.75, 3.05) is 0 Å². The Morgan fingerprint density at radius 1 is 1.11 bits per heavy atom. The van der Waals surface area contributed by atoms with Crippen molar-refractivity contribution in [1.82, 2.24) is 14.7 Å². The lowest BCUT2D eigenvalue weighted by molar-refractivity contribution is 0.413. The van der Waals surface area contributed by atoms with E-state index in [2.05, 4.69) is 5.16 Å². The minimum atomic E-state index is -0.457. The molecule has 0 bridgehead atoms. The molecular weight excluding hydrogens is 374 g/mol. The zero-order valence-corrected chi connectivity index (χ0v) is 15.8. The van der Waals surface area contributed by atoms with Crippen LogP contribution in [0.25, 0.3) is 28.1 Å². The highest BCUT2D eigenvalue weighted by Crippen LogP contribution is 2.34. The molecule has 1 aromatic carbocycles. The van der Waals surface area contributed by atoms with Gasteiger partial charge in [0.25, 0.3) is 5.56 Å². The molecule has 7 heteroatoms. The molecule has 140 valence electrons. The summed E-state index contributed by atoms with van der Waals surface area (Å²) < 4.78 is 6.29. The highest BCUT2D eigenvalue weighted by molar-refractivity contribution is 7.18. The maximum atomic E-state index is 13.4. The van der Waals surface area contributed by atoms with Gasteiger partial charge in [-0.15, -0.1) is 11.3 Å². The van der Waals surface area contributed by atoms with E-state index in [4.69, 9.17) is 9.51 Å². The number of hydrogen-bond donors (Lipinski definition) is 1. The number of aromatic amines is 1. The van der Waals surface area contributed by atoms with Gasteiger partial charge in [-0.2, -0.15) is 5.16 Å². The molecule has 0 saturated heterocycles. The molecule has 4 aromatic rings. The SMILES string of the molecule is O=c1[nH]occ1-n1c(/C=C/c2ccccc2)nc2sc3c(c2c1=O)CCCC3. The van der Waals surface area contributed by atoms with Gasteiger partial charge in [0.1, 0.15) is 16.9 Å². The van der Waals surface area contributed by atoms with Gasteiger partial charge in [0.2, 0.25) is 0 Å². The fourth-order valence-electron chi connectivity index (χ4n) is 3.70. The van der Waals surface area contributed by atoms with E-state index in [0.717, 1.165) is 41.6 Å². The van der Waals surface area contributed by atoms with E-state index in [-0.39, 0.29) is 11.2 Å². The molecule has 1 aliphatic rings. The van der Waals surface area contributed by atoms with E-state index in [1.54, 1.807) is 17.4 Å². The second-order valence-corrected chi connectivity index (χ2v) is 7.88. The Kier molecular flexibility index (Phi) is 4.09. The summed E-state index contributed by atoms with van der Waals surface area (Å²) in [7, 11) is 0. The first-order valence-corrected chi connectivity index (χ1v) is 10.0. The largest absolute Gasteiger partial charge is 0.385 e. The Labute approximate surface area is 163 Å². The second kappa shape index (κ2) is 6.76. The van der Waals surface area contributed by atoms with Crippen LogP contribution in [0.2, 0.25) is 0 Å². The maximum Gasteiger partial charge on any atom is 0.304 e. The first-order valence-electron chi connectivity index (χ1n) is 9.19. The van der Waals surface area contributed by atoms with Gasteiger partial charge in [0.05, 0.1) is 5.39 Å². The molecule has 3 aromatic heterocycles. The van der Waals surface area contributed by atoms with Crippen molar-refractivity contribution in [2.24, 2.45) is 0 Å². The molecule has 0 fully saturated rings. The third kappa shape index (κ3) is 2.75. The Balaban J connectivity index is 1.78. The third-order valence-corrected chi connectivity index (χ3v) is 6.22. The van der Waals surface area contributed by atoms with Crippen LogP contribution >= 0.6 is 11.3 Å². The molecule has 0 saturated carbocycles. The summed E-state index contributed by atoms with van der Waals surface area (Å²) in [5.41, 5.74) is 1.54. The highest BCUT2D eigenvalue weighted by atomic mass is 32.1. The summed E-state index contributed by atoms with van der Waals surface area (Å²) in [5.74, 6) is 0.409. The summed E-state index contributed by atoms with van der Waals surface area (Å²) in [5, 5.41) is 2.90. The molecule has 28 heavy (non-hydrogen) atoms. The fourth-order valence-corrected chi connectivity index (χ4v) is 4.96. The van der Waals surface area contributed by atoms with Crippen LogP contribution in [0.3, 0.4) is 0 Å². The summed E-state index contributed by atoms with van der Waals surface area (Å²) >= 11 is 1.59. The fraction of sp³-hybridized carbons (Fsp3) is 0.190. The molecule has 5 rings (SSSR count). The van der Waals surface area contributed by atoms with Crippen LogP contribution < -0.4 is 11.1 Å². The Hall–Kier alpha value is -3.19. The summed E-state index contributed by atoms with van der Waals surface area (Å²) in [6.45, 7) is 0. The van der Waals surface area contributed by atoms with Gasteiger partial charge in [-0.05, 0) is 42.9 Å². The smallest absolute Gasteiger partial charge is 0.304 e. The molecule has 0 aliphatic heterocycles. The molecule has 0 atom stereocenters. The van der Waals surface area contributed by atoms with Crippen LogP contribution in [0.5, 0.6) is 0 Å². The van der Waals surface area contributed by atoms with Crippen molar-refractivity contribution in [3.8, 4) is 5.69 Å². The summed E-state index contributed by atoms with van der Waals surface area (Å²) in [6, 6.07) is 9.76. The minimum Gasteiger partial charge on any atom is -0.385 e. The van der Waals surface area contributed by atoms with Crippen LogP contribution in [-0.4, -0.2) is 14.7 Å². The Bertz CT molecular complexity index is 1310. The van der Waals surface area contributed by atoms with Crippen molar-refractivity contribution in [3.63, 3.8) is 0 Å². The van der Waals surface area contributed by atoms with E-state index in [1.807, 2.05) is 36.4 Å². The summed E-state index contributed by atoms with van der Waals surface area (Å²) in [6.07, 6.45) is 8.98. The minimum absolute atomic E-state index is 0.142. The monoisotopic (exact) mass is 391 g/mol. The maximum absolute atomic E-state index is 13.4. The number of nitrogens with zero attached hydrogens (tertiary/aromatic N) is 2. The van der Waals surface area contributed by atoms with Gasteiger partial charge in [0, 0.05) is 4.88 Å². The van der Waals surface area contributed by atoms with Crippen LogP contribution in [0.15, 0.2) is 50.7 Å². The normalized spacial score (nSPS) is 14.0. The topological polar surface area (TPSA) is 80.9 Å². The number of H-pyrrole nitrogens is 1. The molecule has 1 aliphatic carbocycles. The number of thiophene rings is 1. The van der Waals surface area contributed by atoms with E-state index in [0.29, 0.717) is 11.2 Å². The number of aromatic nitrogens is 3. The molecule has 0 spiro atoms. The average Bonchev–Trinajstić information content (AvgIpc) is 3.30. The van der Waals surface area contributed by atoms with Crippen molar-refractivity contribution in [2.45, 2.75) is 25.7 Å². The van der Waals surface area contributed by atoms with E-state index in [1.165, 1.54) is 15.7 Å². The number of benzene rings is 1. The van der Waals surface area contributed by atoms with Gasteiger partial charge >= 0.3 is 5.56 Å². The quantitative estimate of drug-likeness (QED) is 0.576. The number of rotatable bonds is 3. The number of aryl methyl sites for hydroxylation is 2. The standard InChI is InChI=1S/C21H17N3O3S/c25-19-15(12-27-23-19)24-17(11-10-13-6-2-1-3-7-13)22-20-18(21(24)26)14-8-4-5-9-16(14)28-20/h1-3,6-7,10-12H,4-5,8-9H2,(H,23,25)/b11-10+. The van der Waals surface area contributed by atoms with Crippen LogP contribution in [0.1, 0.15) is 34.7 Å². The van der Waals surface area contributed by atoms with Crippen molar-refractivity contribution < 1.29 is 4.52 Å².